The first-order valence-corrected chi connectivity index (χ1v) is 6.08. The number of amides is 1. The normalized spacial score (nSPS) is 12.4. The van der Waals surface area contributed by atoms with Crippen molar-refractivity contribution in [1.29, 1.82) is 0 Å². The van der Waals surface area contributed by atoms with E-state index in [9.17, 15) is 4.79 Å². The minimum atomic E-state index is -0.197. The number of imidazole rings is 1. The Morgan fingerprint density at radius 1 is 1.45 bits per heavy atom. The van der Waals surface area contributed by atoms with E-state index in [1.165, 1.54) is 4.90 Å². The van der Waals surface area contributed by atoms with Crippen molar-refractivity contribution in [2.75, 3.05) is 19.6 Å². The number of carbonyl (C=O) groups excluding carboxylic acids is 1. The zero-order valence-electron chi connectivity index (χ0n) is 10.9. The molecule has 20 heavy (non-hydrogen) atoms. The molecular weight excluding hydrogens is 260 g/mol. The average molecular weight is 274 g/mol. The Kier molecular flexibility index (Phi) is 2.94. The molecule has 7 heteroatoms. The molecule has 0 aliphatic carbocycles. The van der Waals surface area contributed by atoms with Crippen molar-refractivity contribution in [2.24, 2.45) is 0 Å². The van der Waals surface area contributed by atoms with Gasteiger partial charge in [0.15, 0.2) is 11.5 Å². The van der Waals surface area contributed by atoms with E-state index in [4.69, 9.17) is 15.2 Å². The second kappa shape index (κ2) is 4.76. The fourth-order valence-electron chi connectivity index (χ4n) is 2.03. The fourth-order valence-corrected chi connectivity index (χ4v) is 2.03. The lowest BCUT2D eigenvalue weighted by molar-refractivity contribution is 0.0782. The molecule has 1 amide bonds. The van der Waals surface area contributed by atoms with Crippen LogP contribution in [0, 0.1) is 0 Å². The van der Waals surface area contributed by atoms with Crippen LogP contribution in [0.25, 0.3) is 0 Å². The molecule has 0 fully saturated rings. The predicted octanol–water partition coefficient (Wildman–Crippen LogP) is 0.993. The number of rotatable bonds is 3. The monoisotopic (exact) mass is 274 g/mol. The van der Waals surface area contributed by atoms with Crippen molar-refractivity contribution < 1.29 is 14.3 Å². The molecule has 3 rings (SSSR count). The van der Waals surface area contributed by atoms with Crippen molar-refractivity contribution in [3.8, 4) is 11.5 Å². The van der Waals surface area contributed by atoms with Gasteiger partial charge in [0.1, 0.15) is 5.82 Å². The van der Waals surface area contributed by atoms with E-state index in [-0.39, 0.29) is 12.7 Å². The van der Waals surface area contributed by atoms with Crippen LogP contribution < -0.4 is 15.2 Å². The van der Waals surface area contributed by atoms with Gasteiger partial charge < -0.3 is 25.1 Å². The molecule has 0 saturated heterocycles. The van der Waals surface area contributed by atoms with Gasteiger partial charge in [-0.05, 0) is 6.07 Å². The highest BCUT2D eigenvalue weighted by atomic mass is 16.7. The van der Waals surface area contributed by atoms with Crippen molar-refractivity contribution in [1.82, 2.24) is 14.9 Å². The summed E-state index contributed by atoms with van der Waals surface area (Å²) in [6, 6.07) is 3.22. The summed E-state index contributed by atoms with van der Waals surface area (Å²) in [6.07, 6.45) is 3.35. The van der Waals surface area contributed by atoms with E-state index < -0.39 is 0 Å². The van der Waals surface area contributed by atoms with Gasteiger partial charge in [-0.15, -0.1) is 0 Å². The van der Waals surface area contributed by atoms with E-state index in [1.807, 2.05) is 0 Å². The summed E-state index contributed by atoms with van der Waals surface area (Å²) in [7, 11) is 1.69. The second-order valence-corrected chi connectivity index (χ2v) is 4.49. The largest absolute Gasteiger partial charge is 0.454 e. The van der Waals surface area contributed by atoms with Gasteiger partial charge in [0.25, 0.3) is 5.91 Å². The summed E-state index contributed by atoms with van der Waals surface area (Å²) in [5, 5.41) is 0. The number of ether oxygens (including phenoxy) is 2. The quantitative estimate of drug-likeness (QED) is 0.814. The standard InChI is InChI=1S/C13H14N4O3/c1-17(6-12-15-2-3-16-12)13(18)8-4-10-11(5-9(8)14)20-7-19-10/h2-5H,6-7,14H2,1H3,(H,15,16). The highest BCUT2D eigenvalue weighted by Gasteiger charge is 2.22. The number of anilines is 1. The molecular formula is C13H14N4O3. The molecule has 0 atom stereocenters. The van der Waals surface area contributed by atoms with Crippen molar-refractivity contribution in [3.05, 3.63) is 35.9 Å². The Labute approximate surface area is 115 Å². The van der Waals surface area contributed by atoms with Crippen LogP contribution in [0.1, 0.15) is 16.2 Å². The molecule has 1 aromatic carbocycles. The molecule has 1 aromatic heterocycles. The molecule has 0 radical (unpaired) electrons. The van der Waals surface area contributed by atoms with Crippen molar-refractivity contribution >= 4 is 11.6 Å². The van der Waals surface area contributed by atoms with Crippen LogP contribution >= 0.6 is 0 Å². The van der Waals surface area contributed by atoms with E-state index in [1.54, 1.807) is 31.6 Å². The molecule has 104 valence electrons. The number of nitrogen functional groups attached to an aromatic ring is 1. The highest BCUT2D eigenvalue weighted by Crippen LogP contribution is 2.36. The predicted molar refractivity (Wildman–Crippen MR) is 71.4 cm³/mol. The van der Waals surface area contributed by atoms with Crippen LogP contribution in [-0.4, -0.2) is 34.6 Å². The number of carbonyl (C=O) groups is 1. The first kappa shape index (κ1) is 12.3. The number of aromatic nitrogens is 2. The summed E-state index contributed by atoms with van der Waals surface area (Å²) in [4.78, 5) is 21.0. The van der Waals surface area contributed by atoms with Gasteiger partial charge in [-0.1, -0.05) is 0 Å². The molecule has 0 spiro atoms. The summed E-state index contributed by atoms with van der Waals surface area (Å²) < 4.78 is 10.5. The number of aromatic amines is 1. The Bertz CT molecular complexity index is 639. The molecule has 0 unspecified atom stereocenters. The number of hydrogen-bond donors (Lipinski definition) is 2. The number of hydrogen-bond acceptors (Lipinski definition) is 5. The molecule has 1 aliphatic heterocycles. The maximum absolute atomic E-state index is 12.4. The van der Waals surface area contributed by atoms with Gasteiger partial charge in [0.05, 0.1) is 12.1 Å². The smallest absolute Gasteiger partial charge is 0.256 e. The number of nitrogens with one attached hydrogen (secondary N) is 1. The van der Waals surface area contributed by atoms with E-state index in [0.717, 1.165) is 0 Å². The first-order chi connectivity index (χ1) is 9.65. The molecule has 7 nitrogen and oxygen atoms in total. The van der Waals surface area contributed by atoms with Crippen molar-refractivity contribution in [3.63, 3.8) is 0 Å². The van der Waals surface area contributed by atoms with Crippen LogP contribution in [0.5, 0.6) is 11.5 Å². The maximum atomic E-state index is 12.4. The van der Waals surface area contributed by atoms with E-state index >= 15 is 0 Å². The highest BCUT2D eigenvalue weighted by molar-refractivity contribution is 5.99. The van der Waals surface area contributed by atoms with E-state index in [0.29, 0.717) is 35.1 Å². The first-order valence-electron chi connectivity index (χ1n) is 6.08. The number of nitrogens with two attached hydrogens (primary N) is 1. The second-order valence-electron chi connectivity index (χ2n) is 4.49. The maximum Gasteiger partial charge on any atom is 0.256 e. The minimum Gasteiger partial charge on any atom is -0.454 e. The number of nitrogens with zero attached hydrogens (tertiary/aromatic N) is 2. The van der Waals surface area contributed by atoms with Gasteiger partial charge in [-0.2, -0.15) is 0 Å². The summed E-state index contributed by atoms with van der Waals surface area (Å²) in [5.41, 5.74) is 6.66. The van der Waals surface area contributed by atoms with Crippen molar-refractivity contribution in [2.45, 2.75) is 6.54 Å². The Balaban J connectivity index is 1.83. The zero-order chi connectivity index (χ0) is 14.1. The molecule has 2 heterocycles. The SMILES string of the molecule is CN(Cc1ncc[nH]1)C(=O)c1cc2c(cc1N)OCO2. The average Bonchev–Trinajstić information content (AvgIpc) is 3.07. The summed E-state index contributed by atoms with van der Waals surface area (Å²) >= 11 is 0. The Morgan fingerprint density at radius 2 is 2.20 bits per heavy atom. The third-order valence-corrected chi connectivity index (χ3v) is 3.06. The van der Waals surface area contributed by atoms with Gasteiger partial charge >= 0.3 is 0 Å². The summed E-state index contributed by atoms with van der Waals surface area (Å²) in [6.45, 7) is 0.522. The molecule has 3 N–H and O–H groups in total. The fraction of sp³-hybridized carbons (Fsp3) is 0.231. The lowest BCUT2D eigenvalue weighted by Crippen LogP contribution is -2.27. The third kappa shape index (κ3) is 2.13. The lowest BCUT2D eigenvalue weighted by Gasteiger charge is -2.17. The van der Waals surface area contributed by atoms with Crippen LogP contribution in [0.4, 0.5) is 5.69 Å². The molecule has 0 bridgehead atoms. The van der Waals surface area contributed by atoms with Gasteiger partial charge in [-0.3, -0.25) is 4.79 Å². The Morgan fingerprint density at radius 3 is 2.90 bits per heavy atom. The summed E-state index contributed by atoms with van der Waals surface area (Å²) in [5.74, 6) is 1.61. The lowest BCUT2D eigenvalue weighted by atomic mass is 10.1. The number of benzene rings is 1. The zero-order valence-corrected chi connectivity index (χ0v) is 10.9. The van der Waals surface area contributed by atoms with Crippen LogP contribution in [-0.2, 0) is 6.54 Å². The van der Waals surface area contributed by atoms with Crippen LogP contribution in [0.3, 0.4) is 0 Å². The van der Waals surface area contributed by atoms with Gasteiger partial charge in [0.2, 0.25) is 6.79 Å². The van der Waals surface area contributed by atoms with E-state index in [2.05, 4.69) is 9.97 Å². The van der Waals surface area contributed by atoms with Crippen LogP contribution in [0.15, 0.2) is 24.5 Å². The minimum absolute atomic E-state index is 0.147. The van der Waals surface area contributed by atoms with Gasteiger partial charge in [-0.25, -0.2) is 4.98 Å². The Hall–Kier alpha value is -2.70. The molecule has 1 aliphatic rings. The molecule has 0 saturated carbocycles. The van der Waals surface area contributed by atoms with Gasteiger partial charge in [0, 0.05) is 31.2 Å². The number of fused-ring (bicyclic) bond motifs is 1. The topological polar surface area (TPSA) is 93.5 Å². The molecule has 2 aromatic rings. The van der Waals surface area contributed by atoms with Crippen LogP contribution in [0.2, 0.25) is 0 Å². The third-order valence-electron chi connectivity index (χ3n) is 3.06. The number of H-pyrrole nitrogens is 1.